The van der Waals surface area contributed by atoms with Crippen molar-refractivity contribution in [2.45, 2.75) is 13.5 Å². The molecule has 1 aromatic carbocycles. The van der Waals surface area contributed by atoms with E-state index in [2.05, 4.69) is 15.3 Å². The van der Waals surface area contributed by atoms with Crippen LogP contribution in [-0.2, 0) is 6.54 Å². The Labute approximate surface area is 164 Å². The SMILES string of the molecule is COc1ccc(NC(=O)c2sc3nc(CN(C)C)[nH]c(=O)c3c2C)cc1Cl. The molecule has 0 saturated carbocycles. The summed E-state index contributed by atoms with van der Waals surface area (Å²) in [6.07, 6.45) is 0. The lowest BCUT2D eigenvalue weighted by Crippen LogP contribution is -2.18. The maximum Gasteiger partial charge on any atom is 0.266 e. The fourth-order valence-electron chi connectivity index (χ4n) is 2.71. The molecule has 0 spiro atoms. The number of hydrogen-bond donors (Lipinski definition) is 2. The van der Waals surface area contributed by atoms with Crippen LogP contribution >= 0.6 is 22.9 Å². The Morgan fingerprint density at radius 1 is 1.41 bits per heavy atom. The number of aryl methyl sites for hydroxylation is 1. The van der Waals surface area contributed by atoms with Crippen molar-refractivity contribution in [1.29, 1.82) is 0 Å². The molecule has 2 N–H and O–H groups in total. The molecule has 3 aromatic rings. The van der Waals surface area contributed by atoms with Crippen molar-refractivity contribution in [3.63, 3.8) is 0 Å². The fraction of sp³-hybridized carbons (Fsp3) is 0.278. The number of methoxy groups -OCH3 is 1. The number of aromatic amines is 1. The number of hydrogen-bond acceptors (Lipinski definition) is 6. The van der Waals surface area contributed by atoms with Crippen molar-refractivity contribution in [2.24, 2.45) is 0 Å². The number of carbonyl (C=O) groups is 1. The first-order valence-electron chi connectivity index (χ1n) is 8.12. The molecular weight excluding hydrogens is 388 g/mol. The van der Waals surface area contributed by atoms with E-state index in [1.165, 1.54) is 18.4 Å². The first-order valence-corrected chi connectivity index (χ1v) is 9.31. The van der Waals surface area contributed by atoms with Gasteiger partial charge in [0, 0.05) is 5.69 Å². The molecule has 0 radical (unpaired) electrons. The summed E-state index contributed by atoms with van der Waals surface area (Å²) in [4.78, 5) is 35.3. The Bertz CT molecular complexity index is 1070. The van der Waals surface area contributed by atoms with Crippen LogP contribution in [0.4, 0.5) is 5.69 Å². The maximum absolute atomic E-state index is 12.7. The van der Waals surface area contributed by atoms with Gasteiger partial charge in [0.1, 0.15) is 16.4 Å². The van der Waals surface area contributed by atoms with Crippen LogP contribution in [0.15, 0.2) is 23.0 Å². The molecule has 1 amide bonds. The third-order valence-corrected chi connectivity index (χ3v) is 5.41. The van der Waals surface area contributed by atoms with Gasteiger partial charge in [0.25, 0.3) is 11.5 Å². The Morgan fingerprint density at radius 3 is 2.78 bits per heavy atom. The molecule has 7 nitrogen and oxygen atoms in total. The molecule has 0 aliphatic heterocycles. The number of ether oxygens (including phenoxy) is 1. The molecule has 0 unspecified atom stereocenters. The molecule has 2 heterocycles. The number of amides is 1. The highest BCUT2D eigenvalue weighted by Crippen LogP contribution is 2.30. The van der Waals surface area contributed by atoms with Gasteiger partial charge < -0.3 is 19.9 Å². The average molecular weight is 407 g/mol. The highest BCUT2D eigenvalue weighted by Gasteiger charge is 2.20. The van der Waals surface area contributed by atoms with Crippen LogP contribution in [0, 0.1) is 6.92 Å². The third kappa shape index (κ3) is 3.97. The standard InChI is InChI=1S/C18H19ClN4O3S/c1-9-14-16(24)21-13(8-23(2)3)22-18(14)27-15(9)17(25)20-10-5-6-12(26-4)11(19)7-10/h5-7H,8H2,1-4H3,(H,20,25)(H,21,22,24). The number of aromatic nitrogens is 2. The zero-order valence-electron chi connectivity index (χ0n) is 15.3. The third-order valence-electron chi connectivity index (χ3n) is 3.93. The predicted octanol–water partition coefficient (Wildman–Crippen LogP) is 3.27. The van der Waals surface area contributed by atoms with E-state index in [1.54, 1.807) is 25.1 Å². The molecule has 0 atom stereocenters. The monoisotopic (exact) mass is 406 g/mol. The highest BCUT2D eigenvalue weighted by atomic mass is 35.5. The summed E-state index contributed by atoms with van der Waals surface area (Å²) >= 11 is 7.30. The van der Waals surface area contributed by atoms with Gasteiger partial charge in [0.15, 0.2) is 0 Å². The van der Waals surface area contributed by atoms with E-state index in [4.69, 9.17) is 16.3 Å². The normalized spacial score (nSPS) is 11.2. The Kier molecular flexibility index (Phi) is 5.50. The van der Waals surface area contributed by atoms with Crippen molar-refractivity contribution in [3.8, 4) is 5.75 Å². The smallest absolute Gasteiger partial charge is 0.266 e. The van der Waals surface area contributed by atoms with Crippen molar-refractivity contribution in [3.05, 3.63) is 49.8 Å². The maximum atomic E-state index is 12.7. The van der Waals surface area contributed by atoms with E-state index < -0.39 is 0 Å². The van der Waals surface area contributed by atoms with Crippen molar-refractivity contribution in [2.75, 3.05) is 26.5 Å². The minimum absolute atomic E-state index is 0.239. The van der Waals surface area contributed by atoms with E-state index in [1.807, 2.05) is 19.0 Å². The first kappa shape index (κ1) is 19.3. The molecule has 0 aliphatic rings. The van der Waals surface area contributed by atoms with Crippen LogP contribution in [0.25, 0.3) is 10.2 Å². The summed E-state index contributed by atoms with van der Waals surface area (Å²) < 4.78 is 5.11. The van der Waals surface area contributed by atoms with E-state index in [0.29, 0.717) is 49.5 Å². The van der Waals surface area contributed by atoms with Crippen LogP contribution in [0.5, 0.6) is 5.75 Å². The molecule has 142 valence electrons. The predicted molar refractivity (Wildman–Crippen MR) is 108 cm³/mol. The molecule has 3 rings (SSSR count). The summed E-state index contributed by atoms with van der Waals surface area (Å²) in [6.45, 7) is 2.26. The number of halogens is 1. The Hall–Kier alpha value is -2.42. The van der Waals surface area contributed by atoms with Gasteiger partial charge in [0.05, 0.1) is 28.9 Å². The second-order valence-electron chi connectivity index (χ2n) is 6.29. The number of benzene rings is 1. The topological polar surface area (TPSA) is 87.3 Å². The zero-order valence-corrected chi connectivity index (χ0v) is 16.9. The van der Waals surface area contributed by atoms with E-state index >= 15 is 0 Å². The lowest BCUT2D eigenvalue weighted by atomic mass is 10.2. The molecule has 9 heteroatoms. The Balaban J connectivity index is 1.95. The number of nitrogens with one attached hydrogen (secondary N) is 2. The lowest BCUT2D eigenvalue weighted by molar-refractivity contribution is 0.103. The van der Waals surface area contributed by atoms with Crippen LogP contribution < -0.4 is 15.6 Å². The number of carbonyl (C=O) groups excluding carboxylic acids is 1. The summed E-state index contributed by atoms with van der Waals surface area (Å²) in [5, 5.41) is 3.64. The zero-order chi connectivity index (χ0) is 19.7. The number of nitrogens with zero attached hydrogens (tertiary/aromatic N) is 2. The molecule has 0 saturated heterocycles. The molecule has 0 bridgehead atoms. The van der Waals surface area contributed by atoms with E-state index in [9.17, 15) is 9.59 Å². The van der Waals surface area contributed by atoms with Crippen LogP contribution in [0.3, 0.4) is 0 Å². The molecular formula is C18H19ClN4O3S. The minimum Gasteiger partial charge on any atom is -0.495 e. The van der Waals surface area contributed by atoms with Gasteiger partial charge in [-0.1, -0.05) is 11.6 Å². The van der Waals surface area contributed by atoms with Crippen LogP contribution in [0.1, 0.15) is 21.1 Å². The number of fused-ring (bicyclic) bond motifs is 1. The van der Waals surface area contributed by atoms with Crippen molar-refractivity contribution in [1.82, 2.24) is 14.9 Å². The van der Waals surface area contributed by atoms with Gasteiger partial charge >= 0.3 is 0 Å². The Morgan fingerprint density at radius 2 is 2.15 bits per heavy atom. The summed E-state index contributed by atoms with van der Waals surface area (Å²) in [6, 6.07) is 4.99. The number of rotatable bonds is 5. The van der Waals surface area contributed by atoms with Gasteiger partial charge in [0.2, 0.25) is 0 Å². The summed E-state index contributed by atoms with van der Waals surface area (Å²) in [5.41, 5.74) is 0.909. The van der Waals surface area contributed by atoms with Gasteiger partial charge in [-0.05, 0) is 44.8 Å². The van der Waals surface area contributed by atoms with Crippen molar-refractivity contribution >= 4 is 44.7 Å². The van der Waals surface area contributed by atoms with E-state index in [0.717, 1.165) is 0 Å². The minimum atomic E-state index is -0.315. The van der Waals surface area contributed by atoms with Crippen LogP contribution in [-0.4, -0.2) is 42.0 Å². The van der Waals surface area contributed by atoms with Gasteiger partial charge in [-0.15, -0.1) is 11.3 Å². The first-order chi connectivity index (χ1) is 12.8. The second kappa shape index (κ2) is 7.67. The van der Waals surface area contributed by atoms with Gasteiger partial charge in [-0.3, -0.25) is 9.59 Å². The molecule has 0 aliphatic carbocycles. The lowest BCUT2D eigenvalue weighted by Gasteiger charge is -2.07. The summed E-state index contributed by atoms with van der Waals surface area (Å²) in [7, 11) is 5.31. The largest absolute Gasteiger partial charge is 0.495 e. The second-order valence-corrected chi connectivity index (χ2v) is 7.70. The molecule has 27 heavy (non-hydrogen) atoms. The number of H-pyrrole nitrogens is 1. The number of anilines is 1. The quantitative estimate of drug-likeness (QED) is 0.679. The van der Waals surface area contributed by atoms with E-state index in [-0.39, 0.29) is 11.5 Å². The molecule has 0 fully saturated rings. The average Bonchev–Trinajstić information content (AvgIpc) is 2.91. The van der Waals surface area contributed by atoms with Crippen molar-refractivity contribution < 1.29 is 9.53 Å². The number of thiophene rings is 1. The highest BCUT2D eigenvalue weighted by molar-refractivity contribution is 7.20. The van der Waals surface area contributed by atoms with Gasteiger partial charge in [-0.2, -0.15) is 0 Å². The van der Waals surface area contributed by atoms with Gasteiger partial charge in [-0.25, -0.2) is 4.98 Å². The fourth-order valence-corrected chi connectivity index (χ4v) is 4.07. The summed E-state index contributed by atoms with van der Waals surface area (Å²) in [5.74, 6) is 0.773. The molecule has 2 aromatic heterocycles. The van der Waals surface area contributed by atoms with Crippen LogP contribution in [0.2, 0.25) is 5.02 Å².